The van der Waals surface area contributed by atoms with Gasteiger partial charge in [0.25, 0.3) is 0 Å². The first kappa shape index (κ1) is 13.5. The van der Waals surface area contributed by atoms with Gasteiger partial charge in [-0.05, 0) is 38.3 Å². The fourth-order valence-electron chi connectivity index (χ4n) is 2.29. The first-order valence-electron chi connectivity index (χ1n) is 6.88. The lowest BCUT2D eigenvalue weighted by Crippen LogP contribution is -2.20. The van der Waals surface area contributed by atoms with Crippen LogP contribution in [0.3, 0.4) is 0 Å². The molecular formula is C14H22ClN3. The van der Waals surface area contributed by atoms with Gasteiger partial charge in [-0.25, -0.2) is 4.98 Å². The quantitative estimate of drug-likeness (QED) is 0.781. The minimum Gasteiger partial charge on any atom is -0.380 e. The molecule has 1 aromatic heterocycles. The van der Waals surface area contributed by atoms with Crippen molar-refractivity contribution in [2.45, 2.75) is 58.0 Å². The van der Waals surface area contributed by atoms with E-state index in [1.54, 1.807) is 0 Å². The predicted molar refractivity (Wildman–Crippen MR) is 78.5 cm³/mol. The Balaban J connectivity index is 2.11. The Bertz CT molecular complexity index is 389. The third-order valence-electron chi connectivity index (χ3n) is 3.57. The van der Waals surface area contributed by atoms with E-state index in [9.17, 15) is 0 Å². The molecule has 100 valence electrons. The van der Waals surface area contributed by atoms with Gasteiger partial charge in [0.15, 0.2) is 5.82 Å². The largest absolute Gasteiger partial charge is 0.380 e. The predicted octanol–water partition coefficient (Wildman–Crippen LogP) is 4.30. The van der Waals surface area contributed by atoms with Crippen LogP contribution in [0.15, 0.2) is 12.1 Å². The molecule has 1 aromatic rings. The number of halogens is 1. The summed E-state index contributed by atoms with van der Waals surface area (Å²) in [6.07, 6.45) is 6.18. The SMILES string of the molecule is CCC(C)Nc1ccc(Cl)nc1NC1CCCC1. The van der Waals surface area contributed by atoms with Crippen molar-refractivity contribution >= 4 is 23.1 Å². The van der Waals surface area contributed by atoms with Gasteiger partial charge in [0.1, 0.15) is 5.15 Å². The van der Waals surface area contributed by atoms with E-state index in [-0.39, 0.29) is 0 Å². The fraction of sp³-hybridized carbons (Fsp3) is 0.643. The van der Waals surface area contributed by atoms with Crippen LogP contribution in [0.5, 0.6) is 0 Å². The van der Waals surface area contributed by atoms with Gasteiger partial charge in [-0.15, -0.1) is 0 Å². The van der Waals surface area contributed by atoms with Crippen LogP contribution < -0.4 is 10.6 Å². The lowest BCUT2D eigenvalue weighted by atomic mass is 10.2. The summed E-state index contributed by atoms with van der Waals surface area (Å²) in [5.41, 5.74) is 1.06. The summed E-state index contributed by atoms with van der Waals surface area (Å²) in [6.45, 7) is 4.35. The van der Waals surface area contributed by atoms with E-state index in [0.29, 0.717) is 17.2 Å². The molecule has 1 aliphatic rings. The highest BCUT2D eigenvalue weighted by Gasteiger charge is 2.17. The van der Waals surface area contributed by atoms with Gasteiger partial charge in [0, 0.05) is 12.1 Å². The molecule has 0 saturated heterocycles. The number of nitrogens with zero attached hydrogens (tertiary/aromatic N) is 1. The highest BCUT2D eigenvalue weighted by molar-refractivity contribution is 6.29. The third-order valence-corrected chi connectivity index (χ3v) is 3.78. The number of anilines is 2. The number of rotatable bonds is 5. The van der Waals surface area contributed by atoms with Gasteiger partial charge in [-0.2, -0.15) is 0 Å². The zero-order valence-electron chi connectivity index (χ0n) is 11.2. The molecule has 1 atom stereocenters. The summed E-state index contributed by atoms with van der Waals surface area (Å²) in [4.78, 5) is 4.42. The van der Waals surface area contributed by atoms with E-state index in [0.717, 1.165) is 17.9 Å². The molecule has 0 amide bonds. The van der Waals surface area contributed by atoms with Crippen LogP contribution in [0.25, 0.3) is 0 Å². The Hall–Kier alpha value is -0.960. The number of pyridine rings is 1. The molecule has 0 bridgehead atoms. The Morgan fingerprint density at radius 1 is 1.39 bits per heavy atom. The molecule has 0 aromatic carbocycles. The Morgan fingerprint density at radius 3 is 2.78 bits per heavy atom. The second-order valence-electron chi connectivity index (χ2n) is 5.11. The minimum absolute atomic E-state index is 0.442. The topological polar surface area (TPSA) is 37.0 Å². The van der Waals surface area contributed by atoms with Crippen LogP contribution in [0.2, 0.25) is 5.15 Å². The molecule has 1 aliphatic carbocycles. The minimum atomic E-state index is 0.442. The van der Waals surface area contributed by atoms with Crippen LogP contribution in [-0.2, 0) is 0 Å². The van der Waals surface area contributed by atoms with Gasteiger partial charge in [0.2, 0.25) is 0 Å². The molecule has 1 unspecified atom stereocenters. The van der Waals surface area contributed by atoms with Crippen LogP contribution in [-0.4, -0.2) is 17.1 Å². The van der Waals surface area contributed by atoms with Crippen LogP contribution >= 0.6 is 11.6 Å². The van der Waals surface area contributed by atoms with Crippen molar-refractivity contribution in [3.63, 3.8) is 0 Å². The van der Waals surface area contributed by atoms with Gasteiger partial charge in [-0.1, -0.05) is 31.4 Å². The van der Waals surface area contributed by atoms with Crippen molar-refractivity contribution in [3.05, 3.63) is 17.3 Å². The third kappa shape index (κ3) is 3.52. The monoisotopic (exact) mass is 267 g/mol. The lowest BCUT2D eigenvalue weighted by molar-refractivity contribution is 0.744. The van der Waals surface area contributed by atoms with Crippen molar-refractivity contribution in [3.8, 4) is 0 Å². The van der Waals surface area contributed by atoms with Crippen LogP contribution in [0.1, 0.15) is 46.0 Å². The Labute approximate surface area is 114 Å². The summed E-state index contributed by atoms with van der Waals surface area (Å²) in [5, 5.41) is 7.55. The second kappa shape index (κ2) is 6.28. The average molecular weight is 268 g/mol. The van der Waals surface area contributed by atoms with Gasteiger partial charge in [-0.3, -0.25) is 0 Å². The molecular weight excluding hydrogens is 246 g/mol. The molecule has 3 nitrogen and oxygen atoms in total. The van der Waals surface area contributed by atoms with E-state index in [4.69, 9.17) is 11.6 Å². The van der Waals surface area contributed by atoms with Crippen LogP contribution in [0.4, 0.5) is 11.5 Å². The number of aromatic nitrogens is 1. The first-order valence-corrected chi connectivity index (χ1v) is 7.26. The smallest absolute Gasteiger partial charge is 0.151 e. The van der Waals surface area contributed by atoms with Crippen LogP contribution in [0, 0.1) is 0 Å². The van der Waals surface area contributed by atoms with E-state index >= 15 is 0 Å². The second-order valence-corrected chi connectivity index (χ2v) is 5.50. The van der Waals surface area contributed by atoms with E-state index in [2.05, 4.69) is 29.5 Å². The van der Waals surface area contributed by atoms with Crippen molar-refractivity contribution in [2.75, 3.05) is 10.6 Å². The maximum atomic E-state index is 5.99. The maximum absolute atomic E-state index is 5.99. The van der Waals surface area contributed by atoms with E-state index < -0.39 is 0 Å². The summed E-state index contributed by atoms with van der Waals surface area (Å²) >= 11 is 5.99. The molecule has 2 N–H and O–H groups in total. The number of hydrogen-bond donors (Lipinski definition) is 2. The van der Waals surface area contributed by atoms with E-state index in [1.165, 1.54) is 25.7 Å². The van der Waals surface area contributed by atoms with Crippen molar-refractivity contribution in [1.82, 2.24) is 4.98 Å². The Morgan fingerprint density at radius 2 is 2.11 bits per heavy atom. The van der Waals surface area contributed by atoms with Gasteiger partial charge in [0.05, 0.1) is 5.69 Å². The maximum Gasteiger partial charge on any atom is 0.151 e. The van der Waals surface area contributed by atoms with Gasteiger partial charge < -0.3 is 10.6 Å². The molecule has 0 spiro atoms. The summed E-state index contributed by atoms with van der Waals surface area (Å²) in [5.74, 6) is 0.898. The average Bonchev–Trinajstić information content (AvgIpc) is 2.85. The fourth-order valence-corrected chi connectivity index (χ4v) is 2.44. The van der Waals surface area contributed by atoms with Crippen molar-refractivity contribution in [1.29, 1.82) is 0 Å². The molecule has 4 heteroatoms. The molecule has 1 saturated carbocycles. The van der Waals surface area contributed by atoms with Crippen molar-refractivity contribution < 1.29 is 0 Å². The first-order chi connectivity index (χ1) is 8.69. The Kier molecular flexibility index (Phi) is 4.70. The summed E-state index contributed by atoms with van der Waals surface area (Å²) in [6, 6.07) is 4.84. The summed E-state index contributed by atoms with van der Waals surface area (Å²) < 4.78 is 0. The highest BCUT2D eigenvalue weighted by atomic mass is 35.5. The molecule has 1 fully saturated rings. The lowest BCUT2D eigenvalue weighted by Gasteiger charge is -2.19. The molecule has 0 radical (unpaired) electrons. The molecule has 0 aliphatic heterocycles. The van der Waals surface area contributed by atoms with Crippen molar-refractivity contribution in [2.24, 2.45) is 0 Å². The van der Waals surface area contributed by atoms with Gasteiger partial charge >= 0.3 is 0 Å². The molecule has 1 heterocycles. The highest BCUT2D eigenvalue weighted by Crippen LogP contribution is 2.27. The standard InChI is InChI=1S/C14H22ClN3/c1-3-10(2)16-12-8-9-13(15)18-14(12)17-11-6-4-5-7-11/h8-11,16H,3-7H2,1-2H3,(H,17,18). The summed E-state index contributed by atoms with van der Waals surface area (Å²) in [7, 11) is 0. The zero-order chi connectivity index (χ0) is 13.0. The number of nitrogens with one attached hydrogen (secondary N) is 2. The molecule has 18 heavy (non-hydrogen) atoms. The normalized spacial score (nSPS) is 17.7. The number of hydrogen-bond acceptors (Lipinski definition) is 3. The van der Waals surface area contributed by atoms with E-state index in [1.807, 2.05) is 12.1 Å². The molecule has 2 rings (SSSR count). The zero-order valence-corrected chi connectivity index (χ0v) is 11.9.